The molecule has 1 aromatic heterocycles. The van der Waals surface area contributed by atoms with Gasteiger partial charge < -0.3 is 9.52 Å². The van der Waals surface area contributed by atoms with Crippen molar-refractivity contribution in [1.29, 1.82) is 0 Å². The number of likely N-dealkylation sites (tertiary alicyclic amines) is 1. The third-order valence-corrected chi connectivity index (χ3v) is 3.60. The van der Waals surface area contributed by atoms with Crippen molar-refractivity contribution in [2.24, 2.45) is 0 Å². The van der Waals surface area contributed by atoms with Gasteiger partial charge in [-0.15, -0.1) is 0 Å². The molecule has 0 saturated carbocycles. The average molecular weight is 272 g/mol. The van der Waals surface area contributed by atoms with E-state index in [1.807, 2.05) is 35.2 Å². The van der Waals surface area contributed by atoms with Crippen molar-refractivity contribution in [2.45, 2.75) is 25.4 Å². The SMILES string of the molecule is O=C(O)C1CCCN1Cc1ncc(-c2ccccc2)o1. The first-order chi connectivity index (χ1) is 9.74. The first-order valence-electron chi connectivity index (χ1n) is 6.71. The molecule has 1 aliphatic heterocycles. The summed E-state index contributed by atoms with van der Waals surface area (Å²) in [6, 6.07) is 9.34. The molecule has 0 spiro atoms. The van der Waals surface area contributed by atoms with Crippen LogP contribution in [0.4, 0.5) is 0 Å². The maximum absolute atomic E-state index is 11.1. The number of carbonyl (C=O) groups is 1. The zero-order valence-corrected chi connectivity index (χ0v) is 11.0. The summed E-state index contributed by atoms with van der Waals surface area (Å²) in [5.41, 5.74) is 0.974. The van der Waals surface area contributed by atoms with Crippen LogP contribution in [-0.2, 0) is 11.3 Å². The van der Waals surface area contributed by atoms with Crippen molar-refractivity contribution in [3.63, 3.8) is 0 Å². The summed E-state index contributed by atoms with van der Waals surface area (Å²) in [6.45, 7) is 1.23. The molecule has 5 nitrogen and oxygen atoms in total. The minimum Gasteiger partial charge on any atom is -0.480 e. The number of aliphatic carboxylic acids is 1. The van der Waals surface area contributed by atoms with Gasteiger partial charge in [-0.05, 0) is 19.4 Å². The van der Waals surface area contributed by atoms with Crippen LogP contribution < -0.4 is 0 Å². The standard InChI is InChI=1S/C15H16N2O3/c18-15(19)12-7-4-8-17(12)10-14-16-9-13(20-14)11-5-2-1-3-6-11/h1-3,5-6,9,12H,4,7-8,10H2,(H,18,19). The van der Waals surface area contributed by atoms with E-state index in [-0.39, 0.29) is 0 Å². The summed E-state index contributed by atoms with van der Waals surface area (Å²) in [5, 5.41) is 9.15. The van der Waals surface area contributed by atoms with Crippen LogP contribution in [0.1, 0.15) is 18.7 Å². The van der Waals surface area contributed by atoms with Gasteiger partial charge in [-0.2, -0.15) is 0 Å². The van der Waals surface area contributed by atoms with Crippen molar-refractivity contribution < 1.29 is 14.3 Å². The molecule has 2 heterocycles. The van der Waals surface area contributed by atoms with E-state index in [4.69, 9.17) is 9.52 Å². The third-order valence-electron chi connectivity index (χ3n) is 3.60. The minimum absolute atomic E-state index is 0.415. The molecule has 1 saturated heterocycles. The molecule has 2 aromatic rings. The number of carboxylic acid groups (broad SMARTS) is 1. The van der Waals surface area contributed by atoms with E-state index < -0.39 is 12.0 Å². The highest BCUT2D eigenvalue weighted by Gasteiger charge is 2.31. The largest absolute Gasteiger partial charge is 0.480 e. The zero-order chi connectivity index (χ0) is 13.9. The van der Waals surface area contributed by atoms with Gasteiger partial charge in [0.1, 0.15) is 6.04 Å². The molecule has 1 atom stereocenters. The Hall–Kier alpha value is -2.14. The van der Waals surface area contributed by atoms with Gasteiger partial charge in [0, 0.05) is 5.56 Å². The van der Waals surface area contributed by atoms with Crippen LogP contribution in [0, 0.1) is 0 Å². The quantitative estimate of drug-likeness (QED) is 0.925. The van der Waals surface area contributed by atoms with Crippen molar-refractivity contribution in [2.75, 3.05) is 6.54 Å². The van der Waals surface area contributed by atoms with Crippen LogP contribution in [0.2, 0.25) is 0 Å². The van der Waals surface area contributed by atoms with Crippen LogP contribution in [0.5, 0.6) is 0 Å². The second kappa shape index (κ2) is 5.46. The molecule has 0 radical (unpaired) electrons. The fraction of sp³-hybridized carbons (Fsp3) is 0.333. The van der Waals surface area contributed by atoms with Gasteiger partial charge >= 0.3 is 5.97 Å². The summed E-state index contributed by atoms with van der Waals surface area (Å²) in [5.74, 6) is 0.515. The summed E-state index contributed by atoms with van der Waals surface area (Å²) in [6.07, 6.45) is 3.29. The summed E-state index contributed by atoms with van der Waals surface area (Å²) in [4.78, 5) is 17.3. The van der Waals surface area contributed by atoms with Gasteiger partial charge in [0.05, 0.1) is 12.7 Å². The Kier molecular flexibility index (Phi) is 3.52. The van der Waals surface area contributed by atoms with Gasteiger partial charge in [-0.3, -0.25) is 9.69 Å². The Balaban J connectivity index is 1.73. The molecular weight excluding hydrogens is 256 g/mol. The summed E-state index contributed by atoms with van der Waals surface area (Å²) >= 11 is 0. The van der Waals surface area contributed by atoms with Crippen molar-refractivity contribution in [3.05, 3.63) is 42.4 Å². The van der Waals surface area contributed by atoms with Gasteiger partial charge in [-0.25, -0.2) is 4.98 Å². The predicted molar refractivity (Wildman–Crippen MR) is 73.0 cm³/mol. The Labute approximate surface area is 116 Å². The summed E-state index contributed by atoms with van der Waals surface area (Å²) in [7, 11) is 0. The lowest BCUT2D eigenvalue weighted by molar-refractivity contribution is -0.142. The molecule has 0 amide bonds. The zero-order valence-electron chi connectivity index (χ0n) is 11.0. The number of nitrogens with zero attached hydrogens (tertiary/aromatic N) is 2. The van der Waals surface area contributed by atoms with Gasteiger partial charge in [0.25, 0.3) is 0 Å². The Morgan fingerprint density at radius 2 is 2.20 bits per heavy atom. The lowest BCUT2D eigenvalue weighted by atomic mass is 10.2. The van der Waals surface area contributed by atoms with Gasteiger partial charge in [0.15, 0.2) is 5.76 Å². The predicted octanol–water partition coefficient (Wildman–Crippen LogP) is 2.39. The van der Waals surface area contributed by atoms with E-state index in [2.05, 4.69) is 4.98 Å². The number of hydrogen-bond acceptors (Lipinski definition) is 4. The van der Waals surface area contributed by atoms with E-state index in [1.54, 1.807) is 6.20 Å². The van der Waals surface area contributed by atoms with Gasteiger partial charge in [-0.1, -0.05) is 30.3 Å². The highest BCUT2D eigenvalue weighted by Crippen LogP contribution is 2.23. The molecule has 5 heteroatoms. The van der Waals surface area contributed by atoms with E-state index in [1.165, 1.54) is 0 Å². The van der Waals surface area contributed by atoms with E-state index in [0.717, 1.165) is 18.5 Å². The number of aromatic nitrogens is 1. The molecule has 1 N–H and O–H groups in total. The monoisotopic (exact) mass is 272 g/mol. The lowest BCUT2D eigenvalue weighted by Crippen LogP contribution is -2.35. The number of rotatable bonds is 4. The molecule has 1 aromatic carbocycles. The number of carboxylic acids is 1. The van der Waals surface area contributed by atoms with Gasteiger partial charge in [0.2, 0.25) is 5.89 Å². The molecule has 0 aliphatic carbocycles. The molecule has 3 rings (SSSR count). The Morgan fingerprint density at radius 1 is 1.40 bits per heavy atom. The normalized spacial score (nSPS) is 19.3. The Bertz CT molecular complexity index is 594. The first kappa shape index (κ1) is 12.9. The molecule has 0 bridgehead atoms. The minimum atomic E-state index is -0.766. The number of oxazole rings is 1. The van der Waals surface area contributed by atoms with E-state index >= 15 is 0 Å². The first-order valence-corrected chi connectivity index (χ1v) is 6.71. The van der Waals surface area contributed by atoms with Crippen LogP contribution in [0.3, 0.4) is 0 Å². The molecule has 1 unspecified atom stereocenters. The molecule has 104 valence electrons. The van der Waals surface area contributed by atoms with E-state index in [9.17, 15) is 4.79 Å². The maximum atomic E-state index is 11.1. The fourth-order valence-corrected chi connectivity index (χ4v) is 2.59. The lowest BCUT2D eigenvalue weighted by Gasteiger charge is -2.18. The van der Waals surface area contributed by atoms with E-state index in [0.29, 0.717) is 24.6 Å². The highest BCUT2D eigenvalue weighted by atomic mass is 16.4. The smallest absolute Gasteiger partial charge is 0.320 e. The second-order valence-corrected chi connectivity index (χ2v) is 4.95. The van der Waals surface area contributed by atoms with Crippen LogP contribution in [0.25, 0.3) is 11.3 Å². The average Bonchev–Trinajstić information content (AvgIpc) is 3.09. The summed E-state index contributed by atoms with van der Waals surface area (Å²) < 4.78 is 5.71. The fourth-order valence-electron chi connectivity index (χ4n) is 2.59. The van der Waals surface area contributed by atoms with Crippen LogP contribution >= 0.6 is 0 Å². The maximum Gasteiger partial charge on any atom is 0.320 e. The second-order valence-electron chi connectivity index (χ2n) is 4.95. The molecule has 20 heavy (non-hydrogen) atoms. The van der Waals surface area contributed by atoms with Crippen LogP contribution in [0.15, 0.2) is 40.9 Å². The third kappa shape index (κ3) is 2.58. The topological polar surface area (TPSA) is 66.6 Å². The van der Waals surface area contributed by atoms with Crippen molar-refractivity contribution in [3.8, 4) is 11.3 Å². The highest BCUT2D eigenvalue weighted by molar-refractivity contribution is 5.73. The van der Waals surface area contributed by atoms with Crippen molar-refractivity contribution >= 4 is 5.97 Å². The molecule has 1 fully saturated rings. The van der Waals surface area contributed by atoms with Crippen molar-refractivity contribution in [1.82, 2.24) is 9.88 Å². The van der Waals surface area contributed by atoms with Crippen LogP contribution in [-0.4, -0.2) is 33.5 Å². The molecule has 1 aliphatic rings. The number of benzene rings is 1. The molecular formula is C15H16N2O3. The number of hydrogen-bond donors (Lipinski definition) is 1. The Morgan fingerprint density at radius 3 is 2.95 bits per heavy atom.